The summed E-state index contributed by atoms with van der Waals surface area (Å²) in [5.74, 6) is 0. The third kappa shape index (κ3) is 2.60. The van der Waals surface area contributed by atoms with Crippen molar-refractivity contribution in [2.24, 2.45) is 0 Å². The Hall–Kier alpha value is -6.38. The Kier molecular flexibility index (Phi) is 4.13. The SMILES string of the molecule is c1ccc(-c2cccc3c2oc2c3cc3ccc4c5c6c(ccc7c8ccccc8n(c76)c2c35)C42c3ccccc3-c3ccccc32)cc1. The number of pyridine rings is 1. The molecule has 0 radical (unpaired) electrons. The molecule has 0 bridgehead atoms. The Labute approximate surface area is 280 Å². The second kappa shape index (κ2) is 8.18. The molecule has 224 valence electrons. The summed E-state index contributed by atoms with van der Waals surface area (Å²) in [5, 5.41) is 10.1. The topological polar surface area (TPSA) is 17.6 Å². The lowest BCUT2D eigenvalue weighted by atomic mass is 9.70. The molecule has 13 rings (SSSR count). The van der Waals surface area contributed by atoms with Crippen LogP contribution in [0.5, 0.6) is 0 Å². The van der Waals surface area contributed by atoms with Crippen molar-refractivity contribution in [3.05, 3.63) is 174 Å². The van der Waals surface area contributed by atoms with Crippen molar-refractivity contribution >= 4 is 70.8 Å². The quantitative estimate of drug-likeness (QED) is 0.132. The second-order valence-corrected chi connectivity index (χ2v) is 13.9. The van der Waals surface area contributed by atoms with E-state index in [9.17, 15) is 0 Å². The van der Waals surface area contributed by atoms with Gasteiger partial charge < -0.3 is 8.82 Å². The van der Waals surface area contributed by atoms with E-state index in [2.05, 4.69) is 156 Å². The Bertz CT molecular complexity index is 3220. The van der Waals surface area contributed by atoms with E-state index >= 15 is 0 Å². The van der Waals surface area contributed by atoms with Crippen molar-refractivity contribution in [2.45, 2.75) is 5.41 Å². The molecule has 2 heteroatoms. The van der Waals surface area contributed by atoms with Crippen molar-refractivity contribution in [3.63, 3.8) is 0 Å². The van der Waals surface area contributed by atoms with Gasteiger partial charge >= 0.3 is 0 Å². The summed E-state index contributed by atoms with van der Waals surface area (Å²) in [4.78, 5) is 0. The van der Waals surface area contributed by atoms with Gasteiger partial charge in [0, 0.05) is 37.9 Å². The second-order valence-electron chi connectivity index (χ2n) is 13.9. The van der Waals surface area contributed by atoms with E-state index in [0.29, 0.717) is 0 Å². The van der Waals surface area contributed by atoms with E-state index in [0.717, 1.165) is 38.6 Å². The Morgan fingerprint density at radius 2 is 1.08 bits per heavy atom. The van der Waals surface area contributed by atoms with Gasteiger partial charge in [-0.15, -0.1) is 0 Å². The molecule has 0 unspecified atom stereocenters. The molecule has 11 aromatic rings. The Morgan fingerprint density at radius 3 is 1.92 bits per heavy atom. The van der Waals surface area contributed by atoms with E-state index in [1.807, 2.05) is 0 Å². The molecule has 49 heavy (non-hydrogen) atoms. The summed E-state index contributed by atoms with van der Waals surface area (Å²) in [5.41, 5.74) is 15.6. The number of para-hydroxylation sites is 2. The zero-order valence-electron chi connectivity index (χ0n) is 26.3. The first-order valence-electron chi connectivity index (χ1n) is 17.1. The minimum atomic E-state index is -0.396. The Balaban J connectivity index is 1.32. The molecule has 0 aliphatic heterocycles. The highest BCUT2D eigenvalue weighted by molar-refractivity contribution is 6.35. The summed E-state index contributed by atoms with van der Waals surface area (Å²) < 4.78 is 9.73. The molecular formula is C47H25NO. The molecule has 0 saturated heterocycles. The molecule has 0 fully saturated rings. The third-order valence-electron chi connectivity index (χ3n) is 11.9. The summed E-state index contributed by atoms with van der Waals surface area (Å²) >= 11 is 0. The van der Waals surface area contributed by atoms with E-state index in [4.69, 9.17) is 4.42 Å². The fraction of sp³-hybridized carbons (Fsp3) is 0.0213. The van der Waals surface area contributed by atoms with Gasteiger partial charge in [-0.1, -0.05) is 140 Å². The smallest absolute Gasteiger partial charge is 0.160 e. The van der Waals surface area contributed by atoms with Gasteiger partial charge in [-0.05, 0) is 61.8 Å². The highest BCUT2D eigenvalue weighted by Crippen LogP contribution is 2.64. The number of hydrogen-bond acceptors (Lipinski definition) is 1. The average molecular weight is 620 g/mol. The molecule has 0 N–H and O–H groups in total. The normalized spacial score (nSPS) is 14.3. The number of aromatic nitrogens is 1. The van der Waals surface area contributed by atoms with Crippen LogP contribution in [0.25, 0.3) is 93.1 Å². The molecule has 0 saturated carbocycles. The van der Waals surface area contributed by atoms with Crippen molar-refractivity contribution < 1.29 is 4.42 Å². The third-order valence-corrected chi connectivity index (χ3v) is 11.9. The fourth-order valence-corrected chi connectivity index (χ4v) is 10.2. The monoisotopic (exact) mass is 619 g/mol. The first-order valence-corrected chi connectivity index (χ1v) is 17.1. The average Bonchev–Trinajstić information content (AvgIpc) is 3.88. The molecule has 2 aliphatic rings. The fourth-order valence-electron chi connectivity index (χ4n) is 10.2. The largest absolute Gasteiger partial charge is 0.453 e. The van der Waals surface area contributed by atoms with Crippen LogP contribution in [0.4, 0.5) is 0 Å². The van der Waals surface area contributed by atoms with Gasteiger partial charge in [0.05, 0.1) is 22.0 Å². The van der Waals surface area contributed by atoms with Crippen LogP contribution in [0.15, 0.2) is 156 Å². The number of nitrogens with zero attached hydrogens (tertiary/aromatic N) is 1. The predicted molar refractivity (Wildman–Crippen MR) is 202 cm³/mol. The number of fused-ring (bicyclic) bond motifs is 15. The van der Waals surface area contributed by atoms with Crippen molar-refractivity contribution in [1.82, 2.24) is 4.40 Å². The maximum Gasteiger partial charge on any atom is 0.160 e. The highest BCUT2D eigenvalue weighted by Gasteiger charge is 2.51. The van der Waals surface area contributed by atoms with Gasteiger partial charge in [0.25, 0.3) is 0 Å². The first-order chi connectivity index (χ1) is 24.3. The molecule has 2 aliphatic carbocycles. The van der Waals surface area contributed by atoms with Crippen LogP contribution in [0.2, 0.25) is 0 Å². The summed E-state index contributed by atoms with van der Waals surface area (Å²) in [6.07, 6.45) is 0. The number of benzene rings is 8. The minimum Gasteiger partial charge on any atom is -0.453 e. The van der Waals surface area contributed by atoms with Crippen LogP contribution in [-0.4, -0.2) is 4.40 Å². The lowest BCUT2D eigenvalue weighted by molar-refractivity contribution is 0.672. The standard InChI is InChI=1S/C47H25NO/c1-2-11-26(12-3-1)28-16-10-17-33-34-25-27-21-23-37-41-40(27)44(46(34)49-45(28)33)48-39-20-9-6-15-31(39)32-22-24-38(42(41)43(32)48)47(37)35-18-7-4-13-29(35)30-14-5-8-19-36(30)47/h1-25H. The summed E-state index contributed by atoms with van der Waals surface area (Å²) in [7, 11) is 0. The molecule has 3 aromatic heterocycles. The Morgan fingerprint density at radius 1 is 0.408 bits per heavy atom. The van der Waals surface area contributed by atoms with Gasteiger partial charge in [0.2, 0.25) is 0 Å². The van der Waals surface area contributed by atoms with Crippen LogP contribution >= 0.6 is 0 Å². The maximum atomic E-state index is 7.19. The van der Waals surface area contributed by atoms with Crippen molar-refractivity contribution in [1.29, 1.82) is 0 Å². The van der Waals surface area contributed by atoms with Crippen LogP contribution in [0.3, 0.4) is 0 Å². The zero-order valence-corrected chi connectivity index (χ0v) is 26.3. The van der Waals surface area contributed by atoms with Gasteiger partial charge in [0.15, 0.2) is 5.58 Å². The maximum absolute atomic E-state index is 7.19. The summed E-state index contributed by atoms with van der Waals surface area (Å²) in [6, 6.07) is 56.3. The van der Waals surface area contributed by atoms with Crippen molar-refractivity contribution in [3.8, 4) is 22.3 Å². The van der Waals surface area contributed by atoms with Crippen LogP contribution in [0.1, 0.15) is 22.3 Å². The lowest BCUT2D eigenvalue weighted by Gasteiger charge is -2.30. The molecular weight excluding hydrogens is 595 g/mol. The highest BCUT2D eigenvalue weighted by atomic mass is 16.3. The van der Waals surface area contributed by atoms with Gasteiger partial charge in [-0.3, -0.25) is 0 Å². The molecule has 2 nitrogen and oxygen atoms in total. The minimum absolute atomic E-state index is 0.396. The zero-order chi connectivity index (χ0) is 31.6. The number of rotatable bonds is 1. The van der Waals surface area contributed by atoms with Crippen molar-refractivity contribution in [2.75, 3.05) is 0 Å². The van der Waals surface area contributed by atoms with E-state index in [1.165, 1.54) is 76.7 Å². The molecule has 1 spiro atoms. The van der Waals surface area contributed by atoms with E-state index in [1.54, 1.807) is 0 Å². The van der Waals surface area contributed by atoms with Crippen LogP contribution < -0.4 is 0 Å². The van der Waals surface area contributed by atoms with Gasteiger partial charge in [0.1, 0.15) is 5.58 Å². The van der Waals surface area contributed by atoms with Gasteiger partial charge in [-0.2, -0.15) is 0 Å². The molecule has 3 heterocycles. The number of hydrogen-bond donors (Lipinski definition) is 0. The molecule has 0 amide bonds. The first kappa shape index (κ1) is 24.7. The predicted octanol–water partition coefficient (Wildman–Crippen LogP) is 12.2. The van der Waals surface area contributed by atoms with Crippen LogP contribution in [0, 0.1) is 0 Å². The molecule has 8 aromatic carbocycles. The lowest BCUT2D eigenvalue weighted by Crippen LogP contribution is -2.26. The summed E-state index contributed by atoms with van der Waals surface area (Å²) in [6.45, 7) is 0. The van der Waals surface area contributed by atoms with E-state index in [-0.39, 0.29) is 0 Å². The molecule has 0 atom stereocenters. The number of furan rings is 1. The van der Waals surface area contributed by atoms with Crippen LogP contribution in [-0.2, 0) is 5.41 Å². The van der Waals surface area contributed by atoms with Gasteiger partial charge in [-0.25, -0.2) is 0 Å². The van der Waals surface area contributed by atoms with E-state index < -0.39 is 5.41 Å².